The van der Waals surface area contributed by atoms with E-state index in [2.05, 4.69) is 17.6 Å². The summed E-state index contributed by atoms with van der Waals surface area (Å²) < 4.78 is 0. The van der Waals surface area contributed by atoms with Crippen molar-refractivity contribution in [1.29, 1.82) is 0 Å². The van der Waals surface area contributed by atoms with Crippen LogP contribution in [0.5, 0.6) is 0 Å². The highest BCUT2D eigenvalue weighted by molar-refractivity contribution is 5.82. The fraction of sp³-hybridized carbons (Fsp3) is 0.846. The summed E-state index contributed by atoms with van der Waals surface area (Å²) in [6, 6.07) is -0.571. The fourth-order valence-electron chi connectivity index (χ4n) is 1.74. The van der Waals surface area contributed by atoms with Gasteiger partial charge in [-0.2, -0.15) is 0 Å². The number of aliphatic carboxylic acids is 1. The molecule has 1 amide bonds. The number of unbranched alkanes of at least 4 members (excludes halogenated alkanes) is 3. The third-order valence-electron chi connectivity index (χ3n) is 2.84. The van der Waals surface area contributed by atoms with Gasteiger partial charge in [0.15, 0.2) is 0 Å². The van der Waals surface area contributed by atoms with Crippen molar-refractivity contribution >= 4 is 11.9 Å². The molecule has 0 aromatic heterocycles. The van der Waals surface area contributed by atoms with Gasteiger partial charge in [0, 0.05) is 19.5 Å². The van der Waals surface area contributed by atoms with Crippen molar-refractivity contribution in [3.63, 3.8) is 0 Å². The molecule has 5 heteroatoms. The van der Waals surface area contributed by atoms with Gasteiger partial charge >= 0.3 is 5.97 Å². The predicted octanol–water partition coefficient (Wildman–Crippen LogP) is 1.52. The average molecular weight is 258 g/mol. The zero-order valence-corrected chi connectivity index (χ0v) is 11.7. The average Bonchev–Trinajstić information content (AvgIpc) is 2.29. The number of carbonyl (C=O) groups excluding carboxylic acids is 1. The lowest BCUT2D eigenvalue weighted by atomic mass is 10.1. The van der Waals surface area contributed by atoms with E-state index in [-0.39, 0.29) is 18.5 Å². The van der Waals surface area contributed by atoms with Crippen LogP contribution in [-0.4, -0.2) is 35.6 Å². The van der Waals surface area contributed by atoms with E-state index in [1.165, 1.54) is 26.2 Å². The van der Waals surface area contributed by atoms with Crippen LogP contribution in [0.2, 0.25) is 0 Å². The van der Waals surface area contributed by atoms with Crippen LogP contribution in [-0.2, 0) is 9.59 Å². The van der Waals surface area contributed by atoms with Gasteiger partial charge in [0.1, 0.15) is 6.04 Å². The number of rotatable bonds is 10. The summed E-state index contributed by atoms with van der Waals surface area (Å²) >= 11 is 0. The number of hydrogen-bond acceptors (Lipinski definition) is 3. The van der Waals surface area contributed by atoms with Crippen LogP contribution in [0.4, 0.5) is 0 Å². The molecule has 0 aromatic rings. The van der Waals surface area contributed by atoms with E-state index in [0.29, 0.717) is 0 Å². The van der Waals surface area contributed by atoms with Gasteiger partial charge in [-0.15, -0.1) is 0 Å². The minimum atomic E-state index is -1.00. The molecular formula is C13H26N2O3. The summed E-state index contributed by atoms with van der Waals surface area (Å²) in [7, 11) is 0. The molecule has 3 N–H and O–H groups in total. The molecule has 106 valence electrons. The highest BCUT2D eigenvalue weighted by Crippen LogP contribution is 2.05. The Morgan fingerprint density at radius 1 is 1.22 bits per heavy atom. The molecule has 5 nitrogen and oxygen atoms in total. The van der Waals surface area contributed by atoms with Crippen molar-refractivity contribution in [2.24, 2.45) is 0 Å². The van der Waals surface area contributed by atoms with E-state index in [4.69, 9.17) is 5.11 Å². The summed E-state index contributed by atoms with van der Waals surface area (Å²) in [6.07, 6.45) is 5.87. The smallest absolute Gasteiger partial charge is 0.327 e. The Kier molecular flexibility index (Phi) is 9.28. The summed E-state index contributed by atoms with van der Waals surface area (Å²) in [6.45, 7) is 5.80. The van der Waals surface area contributed by atoms with Crippen molar-refractivity contribution in [3.05, 3.63) is 0 Å². The zero-order chi connectivity index (χ0) is 14.0. The lowest BCUT2D eigenvalue weighted by Crippen LogP contribution is -2.48. The van der Waals surface area contributed by atoms with Gasteiger partial charge in [-0.05, 0) is 13.3 Å². The highest BCUT2D eigenvalue weighted by atomic mass is 16.4. The molecule has 0 aromatic carbocycles. The van der Waals surface area contributed by atoms with E-state index in [9.17, 15) is 9.59 Å². The van der Waals surface area contributed by atoms with Crippen LogP contribution in [0.3, 0.4) is 0 Å². The van der Waals surface area contributed by atoms with Crippen LogP contribution in [0.1, 0.15) is 52.9 Å². The molecule has 0 aliphatic heterocycles. The van der Waals surface area contributed by atoms with Gasteiger partial charge < -0.3 is 15.7 Å². The molecule has 0 heterocycles. The third kappa shape index (κ3) is 8.98. The maximum atomic E-state index is 10.9. The van der Waals surface area contributed by atoms with Crippen molar-refractivity contribution in [2.75, 3.05) is 6.54 Å². The van der Waals surface area contributed by atoms with Gasteiger partial charge in [0.05, 0.1) is 0 Å². The minimum absolute atomic E-state index is 0.268. The molecule has 0 rings (SSSR count). The van der Waals surface area contributed by atoms with Crippen molar-refractivity contribution in [2.45, 2.75) is 65.0 Å². The molecule has 0 spiro atoms. The normalized spacial score (nSPS) is 13.9. The number of carbonyl (C=O) groups is 2. The largest absolute Gasteiger partial charge is 0.480 e. The van der Waals surface area contributed by atoms with Crippen molar-refractivity contribution < 1.29 is 14.7 Å². The van der Waals surface area contributed by atoms with Crippen molar-refractivity contribution in [3.8, 4) is 0 Å². The van der Waals surface area contributed by atoms with Crippen LogP contribution in [0.25, 0.3) is 0 Å². The molecular weight excluding hydrogens is 232 g/mol. The predicted molar refractivity (Wildman–Crippen MR) is 71.5 cm³/mol. The van der Waals surface area contributed by atoms with Crippen LogP contribution < -0.4 is 10.6 Å². The molecule has 0 fully saturated rings. The van der Waals surface area contributed by atoms with Gasteiger partial charge in [-0.25, -0.2) is 4.79 Å². The summed E-state index contributed by atoms with van der Waals surface area (Å²) in [5.74, 6) is -1.32. The lowest BCUT2D eigenvalue weighted by molar-refractivity contribution is -0.141. The number of amides is 1. The second-order valence-electron chi connectivity index (χ2n) is 4.75. The van der Waals surface area contributed by atoms with Crippen LogP contribution >= 0.6 is 0 Å². The zero-order valence-electron chi connectivity index (χ0n) is 11.7. The molecule has 0 bridgehead atoms. The van der Waals surface area contributed by atoms with E-state index in [1.807, 2.05) is 6.92 Å². The summed E-state index contributed by atoms with van der Waals surface area (Å²) in [5.41, 5.74) is 0. The standard InChI is InChI=1S/C13H26N2O3/c1-4-5-6-7-8-10(2)14-9-12(13(17)18)15-11(3)16/h10,12,14H,4-9H2,1-3H3,(H,15,16)(H,17,18). The van der Waals surface area contributed by atoms with E-state index >= 15 is 0 Å². The molecule has 0 aliphatic carbocycles. The molecule has 0 saturated heterocycles. The monoisotopic (exact) mass is 258 g/mol. The first kappa shape index (κ1) is 16.9. The van der Waals surface area contributed by atoms with E-state index in [0.717, 1.165) is 12.8 Å². The quantitative estimate of drug-likeness (QED) is 0.519. The molecule has 18 heavy (non-hydrogen) atoms. The lowest BCUT2D eigenvalue weighted by Gasteiger charge is -2.18. The fourth-order valence-corrected chi connectivity index (χ4v) is 1.74. The number of nitrogens with one attached hydrogen (secondary N) is 2. The Morgan fingerprint density at radius 3 is 2.39 bits per heavy atom. The minimum Gasteiger partial charge on any atom is -0.480 e. The number of carboxylic acids is 1. The Hall–Kier alpha value is -1.10. The molecule has 2 unspecified atom stereocenters. The summed E-state index contributed by atoms with van der Waals surface area (Å²) in [5, 5.41) is 14.5. The topological polar surface area (TPSA) is 78.4 Å². The first-order chi connectivity index (χ1) is 8.47. The maximum Gasteiger partial charge on any atom is 0.327 e. The number of hydrogen-bond donors (Lipinski definition) is 3. The van der Waals surface area contributed by atoms with Crippen LogP contribution in [0, 0.1) is 0 Å². The Bertz CT molecular complexity index is 257. The van der Waals surface area contributed by atoms with E-state index < -0.39 is 12.0 Å². The molecule has 2 atom stereocenters. The Morgan fingerprint density at radius 2 is 1.89 bits per heavy atom. The van der Waals surface area contributed by atoms with Crippen molar-refractivity contribution in [1.82, 2.24) is 10.6 Å². The van der Waals surface area contributed by atoms with Gasteiger partial charge in [0.25, 0.3) is 0 Å². The second kappa shape index (κ2) is 9.88. The molecule has 0 saturated carbocycles. The highest BCUT2D eigenvalue weighted by Gasteiger charge is 2.18. The van der Waals surface area contributed by atoms with Gasteiger partial charge in [-0.1, -0.05) is 32.6 Å². The third-order valence-corrected chi connectivity index (χ3v) is 2.84. The Balaban J connectivity index is 3.81. The number of carboxylic acid groups (broad SMARTS) is 1. The summed E-state index contributed by atoms with van der Waals surface area (Å²) in [4.78, 5) is 21.7. The Labute approximate surface area is 109 Å². The maximum absolute atomic E-state index is 10.9. The first-order valence-electron chi connectivity index (χ1n) is 6.70. The molecule has 0 aliphatic rings. The van der Waals surface area contributed by atoms with E-state index in [1.54, 1.807) is 0 Å². The second-order valence-corrected chi connectivity index (χ2v) is 4.75. The molecule has 0 radical (unpaired) electrons. The first-order valence-corrected chi connectivity index (χ1v) is 6.70. The SMILES string of the molecule is CCCCCCC(C)NCC(NC(C)=O)C(=O)O. The van der Waals surface area contributed by atoms with Gasteiger partial charge in [-0.3, -0.25) is 4.79 Å². The van der Waals surface area contributed by atoms with Crippen LogP contribution in [0.15, 0.2) is 0 Å². The van der Waals surface area contributed by atoms with Gasteiger partial charge in [0.2, 0.25) is 5.91 Å².